The van der Waals surface area contributed by atoms with Crippen molar-refractivity contribution in [1.82, 2.24) is 14.9 Å². The van der Waals surface area contributed by atoms with Crippen molar-refractivity contribution in [1.29, 1.82) is 0 Å². The highest BCUT2D eigenvalue weighted by atomic mass is 32.1. The standard InChI is InChI=1S/C12H19N5OS/c1-2-17-5-6-18-9(8-17)7-16-12-10(11(13)19)14-3-4-15-12/h3-4,9H,2,5-8H2,1H3,(H2,13,19)(H,15,16). The van der Waals surface area contributed by atoms with Crippen LogP contribution >= 0.6 is 12.2 Å². The molecule has 7 heteroatoms. The minimum Gasteiger partial charge on any atom is -0.388 e. The van der Waals surface area contributed by atoms with Crippen LogP contribution in [-0.2, 0) is 4.74 Å². The summed E-state index contributed by atoms with van der Waals surface area (Å²) >= 11 is 4.95. The fourth-order valence-corrected chi connectivity index (χ4v) is 2.20. The number of likely N-dealkylation sites (N-methyl/N-ethyl adjacent to an activating group) is 1. The molecule has 1 atom stereocenters. The lowest BCUT2D eigenvalue weighted by atomic mass is 10.2. The summed E-state index contributed by atoms with van der Waals surface area (Å²) in [5.74, 6) is 0.618. The number of hydrogen-bond donors (Lipinski definition) is 2. The van der Waals surface area contributed by atoms with Gasteiger partial charge in [-0.15, -0.1) is 0 Å². The van der Waals surface area contributed by atoms with Gasteiger partial charge in [-0.3, -0.25) is 4.90 Å². The van der Waals surface area contributed by atoms with Gasteiger partial charge < -0.3 is 15.8 Å². The second kappa shape index (κ2) is 6.74. The lowest BCUT2D eigenvalue weighted by Gasteiger charge is -2.32. The first-order valence-corrected chi connectivity index (χ1v) is 6.80. The molecule has 0 aromatic carbocycles. The smallest absolute Gasteiger partial charge is 0.155 e. The zero-order valence-corrected chi connectivity index (χ0v) is 11.8. The molecule has 0 saturated carbocycles. The van der Waals surface area contributed by atoms with Gasteiger partial charge in [0, 0.05) is 32.0 Å². The lowest BCUT2D eigenvalue weighted by Crippen LogP contribution is -2.45. The second-order valence-corrected chi connectivity index (χ2v) is 4.82. The monoisotopic (exact) mass is 281 g/mol. The van der Waals surface area contributed by atoms with Crippen molar-refractivity contribution in [3.05, 3.63) is 18.1 Å². The molecule has 1 unspecified atom stereocenters. The van der Waals surface area contributed by atoms with Crippen molar-refractivity contribution < 1.29 is 4.74 Å². The Kier molecular flexibility index (Phi) is 5.00. The molecule has 6 nitrogen and oxygen atoms in total. The molecule has 0 aliphatic carbocycles. The number of thiocarbonyl (C=S) groups is 1. The molecule has 1 aromatic heterocycles. The predicted octanol–water partition coefficient (Wildman–Crippen LogP) is 0.243. The average molecular weight is 281 g/mol. The van der Waals surface area contributed by atoms with Crippen molar-refractivity contribution in [3.8, 4) is 0 Å². The van der Waals surface area contributed by atoms with Gasteiger partial charge in [0.15, 0.2) is 5.82 Å². The number of nitrogens with zero attached hydrogens (tertiary/aromatic N) is 3. The van der Waals surface area contributed by atoms with Crippen LogP contribution in [0.4, 0.5) is 5.82 Å². The third-order valence-corrected chi connectivity index (χ3v) is 3.29. The Morgan fingerprint density at radius 1 is 1.58 bits per heavy atom. The number of nitrogens with one attached hydrogen (secondary N) is 1. The summed E-state index contributed by atoms with van der Waals surface area (Å²) in [5, 5.41) is 3.22. The molecule has 1 saturated heterocycles. The maximum atomic E-state index is 5.72. The van der Waals surface area contributed by atoms with Crippen LogP contribution in [-0.4, -0.2) is 58.7 Å². The quantitative estimate of drug-likeness (QED) is 0.749. The Morgan fingerprint density at radius 3 is 3.11 bits per heavy atom. The van der Waals surface area contributed by atoms with Crippen molar-refractivity contribution in [3.63, 3.8) is 0 Å². The van der Waals surface area contributed by atoms with Gasteiger partial charge in [-0.2, -0.15) is 0 Å². The van der Waals surface area contributed by atoms with E-state index in [1.54, 1.807) is 12.4 Å². The molecule has 0 spiro atoms. The van der Waals surface area contributed by atoms with Gasteiger partial charge in [0.05, 0.1) is 12.7 Å². The van der Waals surface area contributed by atoms with Crippen LogP contribution in [0.3, 0.4) is 0 Å². The molecule has 19 heavy (non-hydrogen) atoms. The normalized spacial score (nSPS) is 20.2. The number of rotatable bonds is 5. The molecule has 0 amide bonds. The summed E-state index contributed by atoms with van der Waals surface area (Å²) in [6.45, 7) is 6.56. The zero-order chi connectivity index (χ0) is 13.7. The van der Waals surface area contributed by atoms with Crippen LogP contribution in [0.2, 0.25) is 0 Å². The van der Waals surface area contributed by atoms with Gasteiger partial charge in [0.1, 0.15) is 10.7 Å². The molecular formula is C12H19N5OS. The molecule has 0 radical (unpaired) electrons. The molecular weight excluding hydrogens is 262 g/mol. The topological polar surface area (TPSA) is 76.3 Å². The molecule has 1 aliphatic rings. The van der Waals surface area contributed by atoms with Gasteiger partial charge in [0.2, 0.25) is 0 Å². The SMILES string of the molecule is CCN1CCOC(CNc2nccnc2C(N)=S)C1. The van der Waals surface area contributed by atoms with Crippen LogP contribution in [0.1, 0.15) is 12.6 Å². The Labute approximate surface area is 118 Å². The van der Waals surface area contributed by atoms with Gasteiger partial charge in [-0.1, -0.05) is 19.1 Å². The first kappa shape index (κ1) is 14.1. The van der Waals surface area contributed by atoms with E-state index in [0.29, 0.717) is 18.1 Å². The molecule has 1 aliphatic heterocycles. The number of nitrogens with two attached hydrogens (primary N) is 1. The van der Waals surface area contributed by atoms with E-state index in [1.807, 2.05) is 0 Å². The van der Waals surface area contributed by atoms with E-state index in [1.165, 1.54) is 0 Å². The van der Waals surface area contributed by atoms with E-state index in [0.717, 1.165) is 26.2 Å². The molecule has 1 aromatic rings. The van der Waals surface area contributed by atoms with Crippen molar-refractivity contribution in [2.24, 2.45) is 5.73 Å². The molecule has 2 rings (SSSR count). The third-order valence-electron chi connectivity index (χ3n) is 3.10. The highest BCUT2D eigenvalue weighted by Gasteiger charge is 2.19. The van der Waals surface area contributed by atoms with E-state index >= 15 is 0 Å². The number of morpholine rings is 1. The zero-order valence-electron chi connectivity index (χ0n) is 11.0. The first-order valence-electron chi connectivity index (χ1n) is 6.39. The minimum atomic E-state index is 0.148. The maximum absolute atomic E-state index is 5.72. The Balaban J connectivity index is 1.93. The van der Waals surface area contributed by atoms with Gasteiger partial charge in [-0.25, -0.2) is 9.97 Å². The minimum absolute atomic E-state index is 0.148. The number of anilines is 1. The van der Waals surface area contributed by atoms with Crippen LogP contribution in [0.25, 0.3) is 0 Å². The van der Waals surface area contributed by atoms with Crippen molar-refractivity contribution in [2.45, 2.75) is 13.0 Å². The molecule has 1 fully saturated rings. The molecule has 2 heterocycles. The summed E-state index contributed by atoms with van der Waals surface area (Å²) in [6.07, 6.45) is 3.34. The number of ether oxygens (including phenoxy) is 1. The highest BCUT2D eigenvalue weighted by molar-refractivity contribution is 7.80. The maximum Gasteiger partial charge on any atom is 0.155 e. The van der Waals surface area contributed by atoms with Crippen LogP contribution in [0, 0.1) is 0 Å². The average Bonchev–Trinajstić information content (AvgIpc) is 2.45. The molecule has 0 bridgehead atoms. The third kappa shape index (κ3) is 3.82. The largest absolute Gasteiger partial charge is 0.388 e. The van der Waals surface area contributed by atoms with Gasteiger partial charge in [0.25, 0.3) is 0 Å². The Bertz CT molecular complexity index is 442. The van der Waals surface area contributed by atoms with Crippen LogP contribution < -0.4 is 11.1 Å². The first-order chi connectivity index (χ1) is 9.20. The Morgan fingerprint density at radius 2 is 2.37 bits per heavy atom. The predicted molar refractivity (Wildman–Crippen MR) is 78.3 cm³/mol. The molecule has 104 valence electrons. The highest BCUT2D eigenvalue weighted by Crippen LogP contribution is 2.10. The fraction of sp³-hybridized carbons (Fsp3) is 0.583. The summed E-state index contributed by atoms with van der Waals surface area (Å²) < 4.78 is 5.72. The summed E-state index contributed by atoms with van der Waals surface area (Å²) in [7, 11) is 0. The van der Waals surface area contributed by atoms with E-state index in [-0.39, 0.29) is 11.1 Å². The van der Waals surface area contributed by atoms with E-state index in [2.05, 4.69) is 27.1 Å². The second-order valence-electron chi connectivity index (χ2n) is 4.38. The van der Waals surface area contributed by atoms with E-state index in [9.17, 15) is 0 Å². The lowest BCUT2D eigenvalue weighted by molar-refractivity contribution is -0.0192. The van der Waals surface area contributed by atoms with Gasteiger partial charge in [-0.05, 0) is 6.54 Å². The Hall–Kier alpha value is -1.31. The summed E-state index contributed by atoms with van der Waals surface area (Å²) in [4.78, 5) is 11.0. The fourth-order valence-electron chi connectivity index (χ4n) is 2.05. The summed E-state index contributed by atoms with van der Waals surface area (Å²) in [5.41, 5.74) is 6.14. The van der Waals surface area contributed by atoms with E-state index in [4.69, 9.17) is 22.7 Å². The molecule has 3 N–H and O–H groups in total. The van der Waals surface area contributed by atoms with Crippen molar-refractivity contribution in [2.75, 3.05) is 38.1 Å². The van der Waals surface area contributed by atoms with Crippen LogP contribution in [0.5, 0.6) is 0 Å². The van der Waals surface area contributed by atoms with Crippen LogP contribution in [0.15, 0.2) is 12.4 Å². The number of aromatic nitrogens is 2. The van der Waals surface area contributed by atoms with Gasteiger partial charge >= 0.3 is 0 Å². The number of hydrogen-bond acceptors (Lipinski definition) is 6. The van der Waals surface area contributed by atoms with Crippen molar-refractivity contribution >= 4 is 23.0 Å². The van der Waals surface area contributed by atoms with E-state index < -0.39 is 0 Å². The summed E-state index contributed by atoms with van der Waals surface area (Å²) in [6, 6.07) is 0.